The molecule has 8 nitrogen and oxygen atoms in total. The molecule has 9 heteroatoms. The van der Waals surface area contributed by atoms with Gasteiger partial charge in [0.15, 0.2) is 15.7 Å². The maximum absolute atomic E-state index is 12.1. The van der Waals surface area contributed by atoms with E-state index in [1.165, 1.54) is 12.3 Å². The van der Waals surface area contributed by atoms with Crippen LogP contribution in [-0.4, -0.2) is 45.4 Å². The Morgan fingerprint density at radius 1 is 1.17 bits per heavy atom. The number of aliphatic hydroxyl groups excluding tert-OH is 1. The highest BCUT2D eigenvalue weighted by Crippen LogP contribution is 2.33. The molecular weight excluding hydrogens is 318 g/mol. The van der Waals surface area contributed by atoms with E-state index in [9.17, 15) is 8.42 Å². The normalized spacial score (nSPS) is 11.6. The number of hydrogen-bond donors (Lipinski definition) is 2. The number of H-pyrrole nitrogens is 1. The van der Waals surface area contributed by atoms with E-state index >= 15 is 0 Å². The SMILES string of the molecule is CS(=O)(=O)c1ccnc(-c2ccc(CO)cc2)c1-c1nnn[nH]1. The standard InChI is InChI=1S/C14H13N5O3S/c1-23(21,22)11-6-7-15-13(12(11)14-16-18-19-17-14)10-4-2-9(8-20)3-5-10/h2-7,20H,8H2,1H3,(H,16,17,18,19). The van der Waals surface area contributed by atoms with Crippen LogP contribution in [0.4, 0.5) is 0 Å². The number of pyridine rings is 1. The minimum atomic E-state index is -3.50. The first-order valence-corrected chi connectivity index (χ1v) is 8.53. The van der Waals surface area contributed by atoms with Gasteiger partial charge in [0, 0.05) is 18.0 Å². The lowest BCUT2D eigenvalue weighted by atomic mass is 10.0. The van der Waals surface area contributed by atoms with Gasteiger partial charge in [0.05, 0.1) is 22.8 Å². The van der Waals surface area contributed by atoms with Crippen molar-refractivity contribution in [2.45, 2.75) is 11.5 Å². The van der Waals surface area contributed by atoms with Crippen LogP contribution in [0, 0.1) is 0 Å². The zero-order valence-corrected chi connectivity index (χ0v) is 12.9. The molecule has 0 saturated carbocycles. The van der Waals surface area contributed by atoms with Crippen molar-refractivity contribution in [3.63, 3.8) is 0 Å². The monoisotopic (exact) mass is 331 g/mol. The fourth-order valence-corrected chi connectivity index (χ4v) is 3.11. The Hall–Kier alpha value is -2.65. The minimum absolute atomic E-state index is 0.0734. The van der Waals surface area contributed by atoms with Gasteiger partial charge in [-0.15, -0.1) is 5.10 Å². The summed E-state index contributed by atoms with van der Waals surface area (Å²) in [5, 5.41) is 22.5. The van der Waals surface area contributed by atoms with Gasteiger partial charge in [-0.2, -0.15) is 0 Å². The zero-order valence-electron chi connectivity index (χ0n) is 12.1. The smallest absolute Gasteiger partial charge is 0.182 e. The van der Waals surface area contributed by atoms with Crippen LogP contribution < -0.4 is 0 Å². The maximum Gasteiger partial charge on any atom is 0.182 e. The number of sulfone groups is 1. The van der Waals surface area contributed by atoms with Crippen molar-refractivity contribution in [1.82, 2.24) is 25.6 Å². The fourth-order valence-electron chi connectivity index (χ4n) is 2.23. The average molecular weight is 331 g/mol. The molecule has 0 amide bonds. The summed E-state index contributed by atoms with van der Waals surface area (Å²) in [6, 6.07) is 8.42. The molecule has 1 aromatic carbocycles. The van der Waals surface area contributed by atoms with E-state index in [0.29, 0.717) is 16.8 Å². The molecule has 0 atom stereocenters. The number of benzene rings is 1. The van der Waals surface area contributed by atoms with Gasteiger partial charge in [-0.05, 0) is 22.1 Å². The molecule has 0 saturated heterocycles. The number of aromatic amines is 1. The third kappa shape index (κ3) is 2.96. The highest BCUT2D eigenvalue weighted by atomic mass is 32.2. The lowest BCUT2D eigenvalue weighted by molar-refractivity contribution is 0.282. The second kappa shape index (κ2) is 5.86. The minimum Gasteiger partial charge on any atom is -0.392 e. The molecule has 23 heavy (non-hydrogen) atoms. The van der Waals surface area contributed by atoms with Gasteiger partial charge in [-0.25, -0.2) is 13.5 Å². The van der Waals surface area contributed by atoms with Gasteiger partial charge >= 0.3 is 0 Å². The number of aromatic nitrogens is 5. The molecule has 0 radical (unpaired) electrons. The van der Waals surface area contributed by atoms with Crippen molar-refractivity contribution in [2.75, 3.05) is 6.26 Å². The van der Waals surface area contributed by atoms with Crippen LogP contribution in [0.1, 0.15) is 5.56 Å². The van der Waals surface area contributed by atoms with Crippen LogP contribution in [0.5, 0.6) is 0 Å². The van der Waals surface area contributed by atoms with Gasteiger partial charge in [-0.3, -0.25) is 4.98 Å². The van der Waals surface area contributed by atoms with Crippen molar-refractivity contribution in [2.24, 2.45) is 0 Å². The lowest BCUT2D eigenvalue weighted by Crippen LogP contribution is -2.04. The van der Waals surface area contributed by atoms with Gasteiger partial charge < -0.3 is 5.11 Å². The third-order valence-electron chi connectivity index (χ3n) is 3.30. The number of nitrogens with zero attached hydrogens (tertiary/aromatic N) is 4. The molecule has 3 aromatic rings. The molecule has 0 aliphatic carbocycles. The predicted octanol–water partition coefficient (Wildman–Crippen LogP) is 0.824. The van der Waals surface area contributed by atoms with Crippen molar-refractivity contribution in [3.8, 4) is 22.6 Å². The van der Waals surface area contributed by atoms with E-state index in [4.69, 9.17) is 5.11 Å². The Balaban J connectivity index is 2.28. The Bertz CT molecular complexity index is 922. The van der Waals surface area contributed by atoms with E-state index in [-0.39, 0.29) is 17.3 Å². The molecule has 0 aliphatic rings. The number of aliphatic hydroxyl groups is 1. The second-order valence-corrected chi connectivity index (χ2v) is 6.89. The molecule has 0 aliphatic heterocycles. The van der Waals surface area contributed by atoms with E-state index < -0.39 is 9.84 Å². The van der Waals surface area contributed by atoms with E-state index in [1.807, 2.05) is 0 Å². The molecule has 118 valence electrons. The molecule has 2 N–H and O–H groups in total. The highest BCUT2D eigenvalue weighted by molar-refractivity contribution is 7.90. The number of hydrogen-bond acceptors (Lipinski definition) is 7. The fraction of sp³-hybridized carbons (Fsp3) is 0.143. The van der Waals surface area contributed by atoms with Crippen molar-refractivity contribution in [3.05, 3.63) is 42.1 Å². The highest BCUT2D eigenvalue weighted by Gasteiger charge is 2.22. The van der Waals surface area contributed by atoms with Crippen LogP contribution in [0.2, 0.25) is 0 Å². The van der Waals surface area contributed by atoms with Crippen LogP contribution >= 0.6 is 0 Å². The molecule has 0 bridgehead atoms. The van der Waals surface area contributed by atoms with E-state index in [1.54, 1.807) is 24.3 Å². The lowest BCUT2D eigenvalue weighted by Gasteiger charge is -2.11. The Kier molecular flexibility index (Phi) is 3.89. The van der Waals surface area contributed by atoms with E-state index in [0.717, 1.165) is 11.8 Å². The van der Waals surface area contributed by atoms with Gasteiger partial charge in [0.1, 0.15) is 0 Å². The molecule has 3 rings (SSSR count). The van der Waals surface area contributed by atoms with E-state index in [2.05, 4.69) is 25.6 Å². The van der Waals surface area contributed by atoms with Gasteiger partial charge in [-0.1, -0.05) is 24.3 Å². The molecule has 0 spiro atoms. The van der Waals surface area contributed by atoms with Crippen LogP contribution in [-0.2, 0) is 16.4 Å². The Morgan fingerprint density at radius 3 is 2.48 bits per heavy atom. The summed E-state index contributed by atoms with van der Waals surface area (Å²) in [6.07, 6.45) is 2.55. The summed E-state index contributed by atoms with van der Waals surface area (Å²) in [5.41, 5.74) is 2.20. The first-order valence-electron chi connectivity index (χ1n) is 6.64. The molecule has 2 heterocycles. The molecular formula is C14H13N5O3S. The first-order chi connectivity index (χ1) is 11.0. The zero-order chi connectivity index (χ0) is 16.4. The maximum atomic E-state index is 12.1. The predicted molar refractivity (Wildman–Crippen MR) is 81.9 cm³/mol. The van der Waals surface area contributed by atoms with Gasteiger partial charge in [0.2, 0.25) is 0 Å². The van der Waals surface area contributed by atoms with Crippen LogP contribution in [0.25, 0.3) is 22.6 Å². The van der Waals surface area contributed by atoms with Gasteiger partial charge in [0.25, 0.3) is 0 Å². The summed E-state index contributed by atoms with van der Waals surface area (Å²) in [5.74, 6) is 0.222. The van der Waals surface area contributed by atoms with Crippen molar-refractivity contribution < 1.29 is 13.5 Å². The summed E-state index contributed by atoms with van der Waals surface area (Å²) < 4.78 is 24.2. The summed E-state index contributed by atoms with van der Waals surface area (Å²) in [7, 11) is -3.50. The summed E-state index contributed by atoms with van der Waals surface area (Å²) in [6.45, 7) is -0.0734. The number of nitrogens with one attached hydrogen (secondary N) is 1. The Morgan fingerprint density at radius 2 is 1.91 bits per heavy atom. The summed E-state index contributed by atoms with van der Waals surface area (Å²) >= 11 is 0. The molecule has 2 aromatic heterocycles. The first kappa shape index (κ1) is 15.3. The van der Waals surface area contributed by atoms with Crippen molar-refractivity contribution >= 4 is 9.84 Å². The molecule has 0 fully saturated rings. The second-order valence-electron chi connectivity index (χ2n) is 4.91. The van der Waals surface area contributed by atoms with Crippen LogP contribution in [0.15, 0.2) is 41.4 Å². The Labute approximate surface area is 132 Å². The summed E-state index contributed by atoms with van der Waals surface area (Å²) in [4.78, 5) is 4.38. The quantitative estimate of drug-likeness (QED) is 0.726. The van der Waals surface area contributed by atoms with Crippen LogP contribution in [0.3, 0.4) is 0 Å². The number of rotatable bonds is 4. The largest absolute Gasteiger partial charge is 0.392 e. The third-order valence-corrected chi connectivity index (χ3v) is 4.44. The molecule has 0 unspecified atom stereocenters. The van der Waals surface area contributed by atoms with Crippen molar-refractivity contribution in [1.29, 1.82) is 0 Å². The topological polar surface area (TPSA) is 122 Å². The number of tetrazole rings is 1. The average Bonchev–Trinajstić information content (AvgIpc) is 3.07.